The van der Waals surface area contributed by atoms with E-state index in [9.17, 15) is 14.4 Å². The molecule has 2 heterocycles. The number of carbonyl (C=O) groups is 3. The molecule has 3 amide bonds. The number of nitrogens with one attached hydrogen (secondary N) is 1. The average Bonchev–Trinajstić information content (AvgIpc) is 3.39. The number of nitrogens with zero attached hydrogens (tertiary/aromatic N) is 1. The van der Waals surface area contributed by atoms with Crippen molar-refractivity contribution >= 4 is 55.8 Å². The van der Waals surface area contributed by atoms with E-state index in [1.54, 1.807) is 12.1 Å². The number of halogens is 2. The molecule has 0 saturated carbocycles. The Labute approximate surface area is 213 Å². The molecule has 0 radical (unpaired) electrons. The minimum absolute atomic E-state index is 0.0164. The van der Waals surface area contributed by atoms with Gasteiger partial charge in [0.25, 0.3) is 5.91 Å². The number of amides is 3. The topological polar surface area (TPSA) is 107 Å². The van der Waals surface area contributed by atoms with Gasteiger partial charge in [-0.1, -0.05) is 6.92 Å². The van der Waals surface area contributed by atoms with Gasteiger partial charge < -0.3 is 23.9 Å². The van der Waals surface area contributed by atoms with Gasteiger partial charge in [-0.3, -0.25) is 9.69 Å². The Morgan fingerprint density at radius 3 is 2.62 bits per heavy atom. The van der Waals surface area contributed by atoms with Crippen molar-refractivity contribution in [2.45, 2.75) is 39.8 Å². The zero-order chi connectivity index (χ0) is 25.0. The number of carbonyl (C=O) groups excluding carboxylic acids is 3. The first-order valence-corrected chi connectivity index (χ1v) is 12.1. The lowest BCUT2D eigenvalue weighted by Crippen LogP contribution is -2.30. The molecular formula is C23H24Br2N2O7. The Balaban J connectivity index is 1.89. The molecule has 1 aromatic carbocycles. The first-order valence-electron chi connectivity index (χ1n) is 10.5. The predicted octanol–water partition coefficient (Wildman–Crippen LogP) is 5.26. The van der Waals surface area contributed by atoms with Crippen LogP contribution in [0, 0.1) is 0 Å². The van der Waals surface area contributed by atoms with Crippen molar-refractivity contribution in [1.82, 2.24) is 10.2 Å². The fourth-order valence-corrected chi connectivity index (χ4v) is 3.99. The van der Waals surface area contributed by atoms with Crippen LogP contribution in [0.1, 0.15) is 49.1 Å². The quantitative estimate of drug-likeness (QED) is 0.238. The fraction of sp³-hybridized carbons (Fsp3) is 0.348. The van der Waals surface area contributed by atoms with Crippen LogP contribution in [-0.2, 0) is 16.1 Å². The highest BCUT2D eigenvalue weighted by Crippen LogP contribution is 2.44. The number of furan rings is 1. The number of urea groups is 1. The third-order valence-electron chi connectivity index (χ3n) is 4.97. The van der Waals surface area contributed by atoms with E-state index in [4.69, 9.17) is 13.9 Å². The summed E-state index contributed by atoms with van der Waals surface area (Å²) in [6, 6.07) is 4.06. The number of rotatable bonds is 9. The third kappa shape index (κ3) is 5.47. The number of hydrogen-bond donors (Lipinski definition) is 1. The van der Waals surface area contributed by atoms with Crippen LogP contribution in [-0.4, -0.2) is 42.6 Å². The SMILES string of the molecule is CCOc1cc(/C=C2\NC(=O)N(Cc3ccc(C(=O)OC)o3)C2=O)c(Br)c(Br)c1O[C@H](C)CC. The van der Waals surface area contributed by atoms with E-state index < -0.39 is 17.9 Å². The molecule has 2 aromatic rings. The van der Waals surface area contributed by atoms with E-state index in [0.717, 1.165) is 11.3 Å². The Morgan fingerprint density at radius 1 is 1.24 bits per heavy atom. The van der Waals surface area contributed by atoms with Crippen LogP contribution in [0.3, 0.4) is 0 Å². The highest BCUT2D eigenvalue weighted by Gasteiger charge is 2.35. The molecule has 1 aromatic heterocycles. The van der Waals surface area contributed by atoms with Crippen molar-refractivity contribution in [1.29, 1.82) is 0 Å². The molecule has 0 bridgehead atoms. The summed E-state index contributed by atoms with van der Waals surface area (Å²) in [7, 11) is 1.23. The van der Waals surface area contributed by atoms with Gasteiger partial charge in [0.2, 0.25) is 5.76 Å². The van der Waals surface area contributed by atoms with E-state index in [0.29, 0.717) is 32.6 Å². The van der Waals surface area contributed by atoms with Gasteiger partial charge in [0.1, 0.15) is 11.5 Å². The zero-order valence-electron chi connectivity index (χ0n) is 19.1. The van der Waals surface area contributed by atoms with Crippen LogP contribution in [0.25, 0.3) is 6.08 Å². The molecule has 1 N–H and O–H groups in total. The highest BCUT2D eigenvalue weighted by atomic mass is 79.9. The lowest BCUT2D eigenvalue weighted by Gasteiger charge is -2.19. The summed E-state index contributed by atoms with van der Waals surface area (Å²) in [6.07, 6.45) is 2.33. The van der Waals surface area contributed by atoms with Crippen LogP contribution >= 0.6 is 31.9 Å². The molecule has 34 heavy (non-hydrogen) atoms. The van der Waals surface area contributed by atoms with Gasteiger partial charge in [-0.05, 0) is 82.0 Å². The van der Waals surface area contributed by atoms with E-state index in [1.807, 2.05) is 20.8 Å². The maximum absolute atomic E-state index is 12.9. The molecule has 1 saturated heterocycles. The van der Waals surface area contributed by atoms with Gasteiger partial charge in [0.15, 0.2) is 11.5 Å². The summed E-state index contributed by atoms with van der Waals surface area (Å²) < 4.78 is 23.0. The van der Waals surface area contributed by atoms with E-state index in [1.165, 1.54) is 19.2 Å². The summed E-state index contributed by atoms with van der Waals surface area (Å²) >= 11 is 7.09. The predicted molar refractivity (Wildman–Crippen MR) is 130 cm³/mol. The van der Waals surface area contributed by atoms with E-state index in [-0.39, 0.29) is 29.9 Å². The normalized spacial score (nSPS) is 15.5. The van der Waals surface area contributed by atoms with Gasteiger partial charge in [0, 0.05) is 4.47 Å². The number of ether oxygens (including phenoxy) is 3. The maximum atomic E-state index is 12.9. The molecule has 0 aliphatic carbocycles. The number of imide groups is 1. The molecule has 1 atom stereocenters. The van der Waals surface area contributed by atoms with Crippen LogP contribution in [0.4, 0.5) is 4.79 Å². The molecule has 1 fully saturated rings. The van der Waals surface area contributed by atoms with Crippen molar-refractivity contribution in [2.75, 3.05) is 13.7 Å². The smallest absolute Gasteiger partial charge is 0.373 e. The minimum atomic E-state index is -0.648. The molecule has 182 valence electrons. The fourth-order valence-electron chi connectivity index (χ4n) is 3.07. The summed E-state index contributed by atoms with van der Waals surface area (Å²) in [5.74, 6) is 0.112. The number of hydrogen-bond acceptors (Lipinski definition) is 7. The molecule has 0 unspecified atom stereocenters. The van der Waals surface area contributed by atoms with Gasteiger partial charge in [-0.25, -0.2) is 9.59 Å². The molecule has 11 heteroatoms. The molecular weight excluding hydrogens is 576 g/mol. The first-order chi connectivity index (χ1) is 16.2. The second-order valence-corrected chi connectivity index (χ2v) is 8.91. The second kappa shape index (κ2) is 11.1. The van der Waals surface area contributed by atoms with Crippen LogP contribution in [0.15, 0.2) is 37.3 Å². The zero-order valence-corrected chi connectivity index (χ0v) is 22.2. The third-order valence-corrected chi connectivity index (χ3v) is 7.12. The lowest BCUT2D eigenvalue weighted by atomic mass is 10.1. The highest BCUT2D eigenvalue weighted by molar-refractivity contribution is 9.13. The molecule has 9 nitrogen and oxygen atoms in total. The van der Waals surface area contributed by atoms with E-state index >= 15 is 0 Å². The molecule has 1 aliphatic rings. The summed E-state index contributed by atoms with van der Waals surface area (Å²) in [5, 5.41) is 2.57. The van der Waals surface area contributed by atoms with Crippen molar-refractivity contribution < 1.29 is 33.0 Å². The Bertz CT molecular complexity index is 1140. The molecule has 1 aliphatic heterocycles. The second-order valence-electron chi connectivity index (χ2n) is 7.33. The Hall–Kier alpha value is -2.79. The maximum Gasteiger partial charge on any atom is 0.373 e. The van der Waals surface area contributed by atoms with Gasteiger partial charge in [-0.15, -0.1) is 0 Å². The monoisotopic (exact) mass is 598 g/mol. The van der Waals surface area contributed by atoms with Gasteiger partial charge >= 0.3 is 12.0 Å². The summed E-state index contributed by atoms with van der Waals surface area (Å²) in [4.78, 5) is 38.0. The number of benzene rings is 1. The molecule has 0 spiro atoms. The van der Waals surface area contributed by atoms with Crippen molar-refractivity contribution in [3.63, 3.8) is 0 Å². The average molecular weight is 600 g/mol. The lowest BCUT2D eigenvalue weighted by molar-refractivity contribution is -0.123. The summed E-state index contributed by atoms with van der Waals surface area (Å²) in [5.41, 5.74) is 0.679. The Kier molecular flexibility index (Phi) is 8.42. The largest absolute Gasteiger partial charge is 0.490 e. The first kappa shape index (κ1) is 25.8. The van der Waals surface area contributed by atoms with Crippen molar-refractivity contribution in [3.05, 3.63) is 49.9 Å². The number of methoxy groups -OCH3 is 1. The van der Waals surface area contributed by atoms with Crippen molar-refractivity contribution in [2.24, 2.45) is 0 Å². The van der Waals surface area contributed by atoms with Crippen molar-refractivity contribution in [3.8, 4) is 11.5 Å². The van der Waals surface area contributed by atoms with Crippen LogP contribution < -0.4 is 14.8 Å². The van der Waals surface area contributed by atoms with E-state index in [2.05, 4.69) is 41.9 Å². The summed E-state index contributed by atoms with van der Waals surface area (Å²) in [6.45, 7) is 6.11. The van der Waals surface area contributed by atoms with Crippen LogP contribution in [0.2, 0.25) is 0 Å². The number of esters is 1. The van der Waals surface area contributed by atoms with Gasteiger partial charge in [0.05, 0.1) is 30.8 Å². The van der Waals surface area contributed by atoms with Crippen LogP contribution in [0.5, 0.6) is 11.5 Å². The van der Waals surface area contributed by atoms with Gasteiger partial charge in [-0.2, -0.15) is 0 Å². The molecule has 3 rings (SSSR count). The Morgan fingerprint density at radius 2 is 1.97 bits per heavy atom. The minimum Gasteiger partial charge on any atom is -0.490 e. The standard InChI is InChI=1S/C23H24Br2N2O7/c1-5-12(3)33-20-17(32-6-2)10-13(18(24)19(20)25)9-15-21(28)27(23(30)26-15)11-14-7-8-16(34-14)22(29)31-4/h7-10,12H,5-6,11H2,1-4H3,(H,26,30)/b15-9-/t12-/m1/s1.